The van der Waals surface area contributed by atoms with Crippen LogP contribution in [0.25, 0.3) is 0 Å². The minimum atomic E-state index is -3.96. The number of hydrogen-bond acceptors (Lipinski definition) is 8. The van der Waals surface area contributed by atoms with Gasteiger partial charge in [0.15, 0.2) is 6.10 Å². The standard InChI is InChI=1S/C27H38N2O8S/c1-19(2)16-29(38(33,34)22-11-9-21(35-3)10-12-22)17-25(31)23(15-20-7-5-4-6-8-20)28-27(32)37-26-18-36-14-13-24(26)30/h4-12,19,23-26,30-31H,13-18H2,1-3H3,(H,28,32)/t23-,24?,25+,26?/m1/s1. The summed E-state index contributed by atoms with van der Waals surface area (Å²) in [6.07, 6.45) is -3.18. The summed E-state index contributed by atoms with van der Waals surface area (Å²) >= 11 is 0. The van der Waals surface area contributed by atoms with Crippen LogP contribution in [0.15, 0.2) is 59.5 Å². The SMILES string of the molecule is COc1ccc(S(=O)(=O)N(CC(C)C)C[C@H](O)[C@@H](Cc2ccccc2)NC(=O)OC2COCCC2O)cc1. The van der Waals surface area contributed by atoms with Gasteiger partial charge in [0, 0.05) is 26.1 Å². The van der Waals surface area contributed by atoms with Gasteiger partial charge in [-0.1, -0.05) is 44.2 Å². The van der Waals surface area contributed by atoms with E-state index in [1.54, 1.807) is 12.1 Å². The summed E-state index contributed by atoms with van der Waals surface area (Å²) in [5, 5.41) is 24.1. The van der Waals surface area contributed by atoms with Crippen LogP contribution in [-0.2, 0) is 25.9 Å². The minimum absolute atomic E-state index is 0.0199. The molecule has 1 fully saturated rings. The third kappa shape index (κ3) is 8.40. The van der Waals surface area contributed by atoms with Crippen LogP contribution >= 0.6 is 0 Å². The van der Waals surface area contributed by atoms with E-state index in [0.717, 1.165) is 5.56 Å². The summed E-state index contributed by atoms with van der Waals surface area (Å²) in [7, 11) is -2.46. The molecule has 0 bridgehead atoms. The van der Waals surface area contributed by atoms with Crippen molar-refractivity contribution in [2.24, 2.45) is 5.92 Å². The van der Waals surface area contributed by atoms with Crippen LogP contribution in [0, 0.1) is 5.92 Å². The highest BCUT2D eigenvalue weighted by Crippen LogP contribution is 2.22. The normalized spacial score (nSPS) is 19.7. The van der Waals surface area contributed by atoms with Crippen LogP contribution < -0.4 is 10.1 Å². The number of carbonyl (C=O) groups is 1. The molecule has 1 aliphatic rings. The zero-order valence-electron chi connectivity index (χ0n) is 22.0. The number of ether oxygens (including phenoxy) is 3. The first-order valence-corrected chi connectivity index (χ1v) is 14.1. The van der Waals surface area contributed by atoms with Crippen LogP contribution in [0.3, 0.4) is 0 Å². The number of methoxy groups -OCH3 is 1. The van der Waals surface area contributed by atoms with Crippen molar-refractivity contribution >= 4 is 16.1 Å². The fourth-order valence-electron chi connectivity index (χ4n) is 4.20. The fraction of sp³-hybridized carbons (Fsp3) is 0.519. The van der Waals surface area contributed by atoms with E-state index in [1.807, 2.05) is 44.2 Å². The molecule has 3 rings (SSSR count). The fourth-order valence-corrected chi connectivity index (χ4v) is 5.82. The molecule has 1 heterocycles. The lowest BCUT2D eigenvalue weighted by Crippen LogP contribution is -2.52. The predicted molar refractivity (Wildman–Crippen MR) is 141 cm³/mol. The highest BCUT2D eigenvalue weighted by Gasteiger charge is 2.33. The molecular formula is C27H38N2O8S. The van der Waals surface area contributed by atoms with Gasteiger partial charge in [0.25, 0.3) is 0 Å². The lowest BCUT2D eigenvalue weighted by molar-refractivity contribution is -0.0903. The summed E-state index contributed by atoms with van der Waals surface area (Å²) in [5.41, 5.74) is 0.839. The third-order valence-corrected chi connectivity index (χ3v) is 8.10. The molecule has 4 atom stereocenters. The Labute approximate surface area is 224 Å². The lowest BCUT2D eigenvalue weighted by Gasteiger charge is -2.32. The zero-order chi connectivity index (χ0) is 27.7. The Kier molecular flexibility index (Phi) is 10.9. The quantitative estimate of drug-likeness (QED) is 0.366. The Bertz CT molecular complexity index is 1110. The van der Waals surface area contributed by atoms with Gasteiger partial charge in [-0.15, -0.1) is 0 Å². The molecule has 10 nitrogen and oxygen atoms in total. The van der Waals surface area contributed by atoms with Crippen LogP contribution in [-0.4, -0.2) is 86.8 Å². The van der Waals surface area contributed by atoms with Crippen LogP contribution in [0.4, 0.5) is 4.79 Å². The van der Waals surface area contributed by atoms with Crippen LogP contribution in [0.5, 0.6) is 5.75 Å². The smallest absolute Gasteiger partial charge is 0.407 e. The minimum Gasteiger partial charge on any atom is -0.497 e. The molecule has 38 heavy (non-hydrogen) atoms. The Morgan fingerprint density at radius 2 is 1.82 bits per heavy atom. The molecular weight excluding hydrogens is 512 g/mol. The van der Waals surface area contributed by atoms with Crippen molar-refractivity contribution in [1.82, 2.24) is 9.62 Å². The van der Waals surface area contributed by atoms with Gasteiger partial charge in [-0.25, -0.2) is 13.2 Å². The molecule has 1 aliphatic heterocycles. The van der Waals surface area contributed by atoms with Crippen molar-refractivity contribution in [2.75, 3.05) is 33.4 Å². The number of hydrogen-bond donors (Lipinski definition) is 3. The number of alkyl carbamates (subject to hydrolysis) is 1. The second-order valence-electron chi connectivity index (χ2n) is 9.77. The van der Waals surface area contributed by atoms with Gasteiger partial charge in [-0.3, -0.25) is 0 Å². The molecule has 0 radical (unpaired) electrons. The lowest BCUT2D eigenvalue weighted by atomic mass is 10.0. The van der Waals surface area contributed by atoms with Gasteiger partial charge in [0.2, 0.25) is 10.0 Å². The third-order valence-electron chi connectivity index (χ3n) is 6.25. The summed E-state index contributed by atoms with van der Waals surface area (Å²) < 4.78 is 44.1. The Balaban J connectivity index is 1.80. The monoisotopic (exact) mass is 550 g/mol. The number of nitrogens with one attached hydrogen (secondary N) is 1. The largest absolute Gasteiger partial charge is 0.497 e. The topological polar surface area (TPSA) is 135 Å². The maximum Gasteiger partial charge on any atom is 0.407 e. The van der Waals surface area contributed by atoms with Crippen molar-refractivity contribution in [3.63, 3.8) is 0 Å². The second-order valence-corrected chi connectivity index (χ2v) is 11.7. The Morgan fingerprint density at radius 1 is 1.13 bits per heavy atom. The number of rotatable bonds is 12. The van der Waals surface area contributed by atoms with Gasteiger partial charge < -0.3 is 29.7 Å². The van der Waals surface area contributed by atoms with E-state index in [2.05, 4.69) is 5.32 Å². The molecule has 0 aliphatic carbocycles. The molecule has 11 heteroatoms. The average molecular weight is 551 g/mol. The summed E-state index contributed by atoms with van der Waals surface area (Å²) in [4.78, 5) is 12.8. The highest BCUT2D eigenvalue weighted by atomic mass is 32.2. The number of amides is 1. The molecule has 1 saturated heterocycles. The molecule has 2 aromatic rings. The molecule has 3 N–H and O–H groups in total. The Hall–Kier alpha value is -2.70. The van der Waals surface area contributed by atoms with Crippen molar-refractivity contribution in [1.29, 1.82) is 0 Å². The number of benzene rings is 2. The van der Waals surface area contributed by atoms with E-state index in [1.165, 1.54) is 23.5 Å². The maximum atomic E-state index is 13.5. The van der Waals surface area contributed by atoms with Crippen molar-refractivity contribution < 1.29 is 37.6 Å². The van der Waals surface area contributed by atoms with Gasteiger partial charge in [-0.05, 0) is 42.2 Å². The van der Waals surface area contributed by atoms with Gasteiger partial charge in [0.1, 0.15) is 5.75 Å². The number of aliphatic hydroxyl groups is 2. The summed E-state index contributed by atoms with van der Waals surface area (Å²) in [5.74, 6) is 0.507. The van der Waals surface area contributed by atoms with Crippen molar-refractivity contribution in [3.8, 4) is 5.75 Å². The highest BCUT2D eigenvalue weighted by molar-refractivity contribution is 7.89. The first-order chi connectivity index (χ1) is 18.1. The van der Waals surface area contributed by atoms with Gasteiger partial charge >= 0.3 is 6.09 Å². The van der Waals surface area contributed by atoms with Crippen molar-refractivity contribution in [3.05, 3.63) is 60.2 Å². The number of sulfonamides is 1. The Morgan fingerprint density at radius 3 is 2.42 bits per heavy atom. The van der Waals surface area contributed by atoms with E-state index in [0.29, 0.717) is 18.8 Å². The van der Waals surface area contributed by atoms with E-state index in [9.17, 15) is 23.4 Å². The second kappa shape index (κ2) is 13.9. The number of carbonyl (C=O) groups excluding carboxylic acids is 1. The molecule has 0 spiro atoms. The van der Waals surface area contributed by atoms with Crippen molar-refractivity contribution in [2.45, 2.75) is 55.9 Å². The predicted octanol–water partition coefficient (Wildman–Crippen LogP) is 2.19. The van der Waals surface area contributed by atoms with Crippen LogP contribution in [0.1, 0.15) is 25.8 Å². The molecule has 0 aromatic heterocycles. The first kappa shape index (κ1) is 29.9. The molecule has 2 aromatic carbocycles. The number of aliphatic hydroxyl groups excluding tert-OH is 2. The van der Waals surface area contributed by atoms with E-state index < -0.39 is 40.5 Å². The molecule has 0 saturated carbocycles. The molecule has 2 unspecified atom stereocenters. The zero-order valence-corrected chi connectivity index (χ0v) is 22.8. The van der Waals surface area contributed by atoms with E-state index in [4.69, 9.17) is 14.2 Å². The van der Waals surface area contributed by atoms with Gasteiger partial charge in [-0.2, -0.15) is 4.31 Å². The average Bonchev–Trinajstić information content (AvgIpc) is 2.89. The molecule has 210 valence electrons. The van der Waals surface area contributed by atoms with E-state index in [-0.39, 0.29) is 36.9 Å². The number of nitrogens with zero attached hydrogens (tertiary/aromatic N) is 1. The maximum absolute atomic E-state index is 13.5. The first-order valence-electron chi connectivity index (χ1n) is 12.7. The summed E-state index contributed by atoms with van der Waals surface area (Å²) in [6.45, 7) is 4.14. The summed E-state index contributed by atoms with van der Waals surface area (Å²) in [6, 6.07) is 14.4. The van der Waals surface area contributed by atoms with Gasteiger partial charge in [0.05, 0.1) is 36.9 Å². The van der Waals surface area contributed by atoms with E-state index >= 15 is 0 Å². The van der Waals surface area contributed by atoms with Crippen LogP contribution in [0.2, 0.25) is 0 Å². The molecule has 1 amide bonds.